The third-order valence-electron chi connectivity index (χ3n) is 7.48. The van der Waals surface area contributed by atoms with E-state index in [0.29, 0.717) is 50.5 Å². The van der Waals surface area contributed by atoms with Crippen molar-refractivity contribution in [2.24, 2.45) is 11.8 Å². The number of carbonyl (C=O) groups is 1. The van der Waals surface area contributed by atoms with Crippen LogP contribution in [0.4, 0.5) is 14.6 Å². The number of ether oxygens (including phenoxy) is 1. The van der Waals surface area contributed by atoms with E-state index in [0.717, 1.165) is 6.42 Å². The lowest BCUT2D eigenvalue weighted by Crippen LogP contribution is -2.34. The Kier molecular flexibility index (Phi) is 9.36. The summed E-state index contributed by atoms with van der Waals surface area (Å²) in [6, 6.07) is 1.54. The zero-order valence-electron chi connectivity index (χ0n) is 22.4. The van der Waals surface area contributed by atoms with Crippen LogP contribution in [0.5, 0.6) is 5.75 Å². The Morgan fingerprint density at radius 3 is 2.46 bits per heavy atom. The molecule has 2 aliphatic rings. The zero-order valence-corrected chi connectivity index (χ0v) is 24.0. The van der Waals surface area contributed by atoms with E-state index in [2.05, 4.69) is 20.7 Å². The van der Waals surface area contributed by atoms with Gasteiger partial charge in [-0.15, -0.1) is 0 Å². The lowest BCUT2D eigenvalue weighted by Gasteiger charge is -2.27. The number of nitrogens with zero attached hydrogens (tertiary/aromatic N) is 3. The third kappa shape index (κ3) is 7.59. The number of hydrogen-bond acceptors (Lipinski definition) is 7. The fourth-order valence-corrected chi connectivity index (χ4v) is 6.66. The van der Waals surface area contributed by atoms with Crippen LogP contribution in [0.25, 0.3) is 11.3 Å². The van der Waals surface area contributed by atoms with E-state index in [1.807, 2.05) is 6.92 Å². The molecule has 2 fully saturated rings. The van der Waals surface area contributed by atoms with Gasteiger partial charge in [0.05, 0.1) is 21.5 Å². The second kappa shape index (κ2) is 12.4. The fourth-order valence-electron chi connectivity index (χ4n) is 5.21. The first-order valence-electron chi connectivity index (χ1n) is 13.4. The Morgan fingerprint density at radius 2 is 1.87 bits per heavy atom. The molecule has 0 radical (unpaired) electrons. The molecular weight excluding hydrogens is 552 g/mol. The summed E-state index contributed by atoms with van der Waals surface area (Å²) in [5, 5.41) is 10.1. The summed E-state index contributed by atoms with van der Waals surface area (Å²) in [7, 11) is -3.07. The van der Waals surface area contributed by atoms with Gasteiger partial charge < -0.3 is 15.4 Å². The average Bonchev–Trinajstić information content (AvgIpc) is 3.62. The minimum Gasteiger partial charge on any atom is -0.434 e. The summed E-state index contributed by atoms with van der Waals surface area (Å²) in [5.41, 5.74) is 0.438. The highest BCUT2D eigenvalue weighted by molar-refractivity contribution is 7.91. The van der Waals surface area contributed by atoms with Crippen molar-refractivity contribution in [1.82, 2.24) is 20.1 Å². The number of anilines is 1. The molecule has 2 aromatic heterocycles. The number of aryl methyl sites for hydroxylation is 1. The smallest absolute Gasteiger partial charge is 0.387 e. The van der Waals surface area contributed by atoms with E-state index < -0.39 is 22.4 Å². The number of nitrogens with one attached hydrogen (secondary N) is 2. The van der Waals surface area contributed by atoms with Crippen LogP contribution in [0.15, 0.2) is 12.3 Å². The third-order valence-corrected chi connectivity index (χ3v) is 9.52. The van der Waals surface area contributed by atoms with Crippen molar-refractivity contribution in [1.29, 1.82) is 0 Å². The van der Waals surface area contributed by atoms with Crippen molar-refractivity contribution in [2.75, 3.05) is 18.1 Å². The molecule has 39 heavy (non-hydrogen) atoms. The van der Waals surface area contributed by atoms with Crippen LogP contribution in [0, 0.1) is 11.8 Å². The molecule has 2 N–H and O–H groups in total. The number of pyridine rings is 1. The molecule has 0 saturated heterocycles. The van der Waals surface area contributed by atoms with Crippen LogP contribution in [0.2, 0.25) is 5.02 Å². The molecule has 1 amide bonds. The van der Waals surface area contributed by atoms with Gasteiger partial charge in [0.2, 0.25) is 0 Å². The van der Waals surface area contributed by atoms with Crippen molar-refractivity contribution in [3.63, 3.8) is 0 Å². The normalized spacial score (nSPS) is 20.6. The molecule has 2 heterocycles. The van der Waals surface area contributed by atoms with Gasteiger partial charge in [0.15, 0.2) is 5.69 Å². The highest BCUT2D eigenvalue weighted by atomic mass is 35.5. The van der Waals surface area contributed by atoms with Gasteiger partial charge in [0.25, 0.3) is 5.91 Å². The molecule has 0 spiro atoms. The molecule has 0 aromatic carbocycles. The predicted molar refractivity (Wildman–Crippen MR) is 146 cm³/mol. The van der Waals surface area contributed by atoms with Crippen LogP contribution >= 0.6 is 11.6 Å². The molecule has 0 aliphatic heterocycles. The highest BCUT2D eigenvalue weighted by Gasteiger charge is 2.30. The maximum absolute atomic E-state index is 13.4. The second-order valence-corrected chi connectivity index (χ2v) is 13.4. The van der Waals surface area contributed by atoms with Crippen LogP contribution < -0.4 is 15.4 Å². The topological polar surface area (TPSA) is 115 Å². The molecule has 1 atom stereocenters. The van der Waals surface area contributed by atoms with Crippen molar-refractivity contribution >= 4 is 33.2 Å². The van der Waals surface area contributed by atoms with Crippen LogP contribution in [-0.2, 0) is 16.4 Å². The summed E-state index contributed by atoms with van der Waals surface area (Å²) < 4.78 is 56.6. The minimum atomic E-state index is -3.07. The largest absolute Gasteiger partial charge is 0.434 e. The van der Waals surface area contributed by atoms with Gasteiger partial charge in [-0.05, 0) is 57.8 Å². The van der Waals surface area contributed by atoms with Crippen molar-refractivity contribution in [2.45, 2.75) is 83.2 Å². The second-order valence-electron chi connectivity index (χ2n) is 10.7. The first-order chi connectivity index (χ1) is 18.5. The monoisotopic (exact) mass is 587 g/mol. The molecular formula is C26H36ClF2N5O4S. The van der Waals surface area contributed by atoms with Gasteiger partial charge in [0, 0.05) is 37.7 Å². The number of aromatic nitrogens is 3. The zero-order chi connectivity index (χ0) is 28.3. The van der Waals surface area contributed by atoms with Gasteiger partial charge in [-0.2, -0.15) is 13.9 Å². The molecule has 2 saturated carbocycles. The average molecular weight is 588 g/mol. The van der Waals surface area contributed by atoms with Crippen LogP contribution in [0.3, 0.4) is 0 Å². The van der Waals surface area contributed by atoms with E-state index >= 15 is 0 Å². The Balaban J connectivity index is 1.51. The molecule has 216 valence electrons. The fraction of sp³-hybridized carbons (Fsp3) is 0.654. The van der Waals surface area contributed by atoms with E-state index in [1.54, 1.807) is 6.92 Å². The lowest BCUT2D eigenvalue weighted by molar-refractivity contribution is -0.0494. The minimum absolute atomic E-state index is 0.0128. The van der Waals surface area contributed by atoms with Gasteiger partial charge >= 0.3 is 6.61 Å². The summed E-state index contributed by atoms with van der Waals surface area (Å²) in [6.45, 7) is 1.43. The Bertz CT molecular complexity index is 1280. The van der Waals surface area contributed by atoms with E-state index in [-0.39, 0.29) is 44.9 Å². The number of halogens is 3. The quantitative estimate of drug-likeness (QED) is 0.353. The Hall–Kier alpha value is -2.47. The molecule has 4 rings (SSSR count). The maximum atomic E-state index is 13.4. The van der Waals surface area contributed by atoms with Crippen LogP contribution in [-0.4, -0.2) is 59.8 Å². The first-order valence-corrected chi connectivity index (χ1v) is 15.7. The number of alkyl halides is 2. The highest BCUT2D eigenvalue weighted by Crippen LogP contribution is 2.39. The maximum Gasteiger partial charge on any atom is 0.387 e. The molecule has 9 nitrogen and oxygen atoms in total. The Labute approximate surface area is 233 Å². The SMILES string of the molecule is CCn1nc(C(=O)NCC2CCC(S(C)(=O)=O)CC2)c(Cl)c1-c1cnc(NC(C)CC2CC2)cc1OC(F)F. The summed E-state index contributed by atoms with van der Waals surface area (Å²) in [5.74, 6) is 0.636. The van der Waals surface area contributed by atoms with E-state index in [4.69, 9.17) is 16.3 Å². The summed E-state index contributed by atoms with van der Waals surface area (Å²) in [6.07, 6.45) is 8.57. The van der Waals surface area contributed by atoms with Crippen molar-refractivity contribution < 1.29 is 26.7 Å². The number of hydrogen-bond donors (Lipinski definition) is 2. The van der Waals surface area contributed by atoms with E-state index in [9.17, 15) is 22.0 Å². The number of rotatable bonds is 12. The van der Waals surface area contributed by atoms with Crippen LogP contribution in [0.1, 0.15) is 69.3 Å². The van der Waals surface area contributed by atoms with Gasteiger partial charge in [0.1, 0.15) is 21.4 Å². The molecule has 1 unspecified atom stereocenters. The molecule has 0 bridgehead atoms. The lowest BCUT2D eigenvalue weighted by atomic mass is 9.89. The van der Waals surface area contributed by atoms with E-state index in [1.165, 1.54) is 36.0 Å². The first kappa shape index (κ1) is 29.5. The molecule has 2 aromatic rings. The standard InChI is InChI=1S/C26H36ClF2N5O4S/c1-4-34-24(19-14-30-21(12-20(19)38-26(28)29)32-15(2)11-16-5-6-16)22(27)23(33-34)25(35)31-13-17-7-9-18(10-8-17)39(3,36)37/h12,14-18,26H,4-11,13H2,1-3H3,(H,30,32)(H,31,35). The molecule has 2 aliphatic carbocycles. The number of carbonyl (C=O) groups excluding carboxylic acids is 1. The predicted octanol–water partition coefficient (Wildman–Crippen LogP) is 5.15. The Morgan fingerprint density at radius 1 is 1.21 bits per heavy atom. The van der Waals surface area contributed by atoms with Crippen molar-refractivity contribution in [3.8, 4) is 17.0 Å². The van der Waals surface area contributed by atoms with Gasteiger partial charge in [-0.3, -0.25) is 9.48 Å². The molecule has 13 heteroatoms. The summed E-state index contributed by atoms with van der Waals surface area (Å²) in [4.78, 5) is 17.4. The van der Waals surface area contributed by atoms with Gasteiger partial charge in [-0.1, -0.05) is 24.4 Å². The van der Waals surface area contributed by atoms with Gasteiger partial charge in [-0.25, -0.2) is 13.4 Å². The summed E-state index contributed by atoms with van der Waals surface area (Å²) >= 11 is 6.63. The number of sulfone groups is 1. The van der Waals surface area contributed by atoms with Crippen molar-refractivity contribution in [3.05, 3.63) is 23.0 Å². The number of amides is 1.